The average Bonchev–Trinajstić information content (AvgIpc) is 2.26. The van der Waals surface area contributed by atoms with Gasteiger partial charge in [-0.25, -0.2) is 16.8 Å². The maximum absolute atomic E-state index is 11.5. The van der Waals surface area contributed by atoms with E-state index in [9.17, 15) is 16.8 Å². The van der Waals surface area contributed by atoms with Crippen molar-refractivity contribution in [3.05, 3.63) is 0 Å². The maximum Gasteiger partial charge on any atom is 0.153 e. The van der Waals surface area contributed by atoms with Crippen molar-refractivity contribution < 1.29 is 16.8 Å². The number of nitrogens with zero attached hydrogens (tertiary/aromatic N) is 1. The molecule has 0 saturated carbocycles. The van der Waals surface area contributed by atoms with Crippen LogP contribution in [0.5, 0.6) is 0 Å². The van der Waals surface area contributed by atoms with E-state index in [-0.39, 0.29) is 29.1 Å². The van der Waals surface area contributed by atoms with Crippen LogP contribution in [0.15, 0.2) is 0 Å². The van der Waals surface area contributed by atoms with Crippen LogP contribution in [0.1, 0.15) is 6.42 Å². The molecule has 0 spiro atoms. The fourth-order valence-corrected chi connectivity index (χ4v) is 5.13. The van der Waals surface area contributed by atoms with Crippen LogP contribution in [0.3, 0.4) is 0 Å². The van der Waals surface area contributed by atoms with Gasteiger partial charge < -0.3 is 10.2 Å². The van der Waals surface area contributed by atoms with Gasteiger partial charge in [0, 0.05) is 25.7 Å². The lowest BCUT2D eigenvalue weighted by molar-refractivity contribution is 0.278. The summed E-state index contributed by atoms with van der Waals surface area (Å²) in [4.78, 5) is 2.10. The highest BCUT2D eigenvalue weighted by Gasteiger charge is 2.26. The van der Waals surface area contributed by atoms with E-state index >= 15 is 0 Å². The molecule has 0 aromatic heterocycles. The third-order valence-electron chi connectivity index (χ3n) is 3.53. The predicted octanol–water partition coefficient (Wildman–Crippen LogP) is -1.51. The monoisotopic (exact) mass is 296 g/mol. The highest BCUT2D eigenvalue weighted by molar-refractivity contribution is 7.91. The van der Waals surface area contributed by atoms with Gasteiger partial charge in [-0.2, -0.15) is 0 Å². The lowest BCUT2D eigenvalue weighted by Gasteiger charge is -2.29. The van der Waals surface area contributed by atoms with Crippen LogP contribution in [0.2, 0.25) is 0 Å². The molecular weight excluding hydrogens is 276 g/mol. The van der Waals surface area contributed by atoms with Crippen molar-refractivity contribution in [3.63, 3.8) is 0 Å². The van der Waals surface area contributed by atoms with Gasteiger partial charge in [-0.3, -0.25) is 0 Å². The zero-order valence-electron chi connectivity index (χ0n) is 10.3. The first kappa shape index (κ1) is 14.2. The molecule has 8 heteroatoms. The summed E-state index contributed by atoms with van der Waals surface area (Å²) < 4.78 is 45.5. The highest BCUT2D eigenvalue weighted by Crippen LogP contribution is 2.09. The van der Waals surface area contributed by atoms with Gasteiger partial charge in [0.1, 0.15) is 0 Å². The largest absolute Gasteiger partial charge is 0.312 e. The van der Waals surface area contributed by atoms with Crippen LogP contribution in [-0.2, 0) is 19.7 Å². The Hall–Kier alpha value is -0.180. The first-order chi connectivity index (χ1) is 8.36. The molecule has 0 radical (unpaired) electrons. The second-order valence-corrected chi connectivity index (χ2v) is 9.58. The molecule has 0 aliphatic carbocycles. The molecule has 2 aliphatic rings. The van der Waals surface area contributed by atoms with Crippen molar-refractivity contribution in [1.82, 2.24) is 10.2 Å². The molecule has 0 bridgehead atoms. The minimum Gasteiger partial charge on any atom is -0.312 e. The molecular formula is C10H20N2O4S2. The van der Waals surface area contributed by atoms with E-state index in [0.717, 1.165) is 13.0 Å². The lowest BCUT2D eigenvalue weighted by Crippen LogP contribution is -2.48. The van der Waals surface area contributed by atoms with E-state index in [1.807, 2.05) is 0 Å². The molecule has 2 saturated heterocycles. The van der Waals surface area contributed by atoms with Crippen molar-refractivity contribution in [2.24, 2.45) is 0 Å². The van der Waals surface area contributed by atoms with Crippen molar-refractivity contribution in [3.8, 4) is 0 Å². The summed E-state index contributed by atoms with van der Waals surface area (Å²) in [6, 6.07) is 0.0160. The van der Waals surface area contributed by atoms with Gasteiger partial charge in [0.15, 0.2) is 19.7 Å². The molecule has 0 amide bonds. The van der Waals surface area contributed by atoms with Gasteiger partial charge in [0.05, 0.1) is 23.0 Å². The fraction of sp³-hybridized carbons (Fsp3) is 1.00. The topological polar surface area (TPSA) is 83.6 Å². The van der Waals surface area contributed by atoms with Gasteiger partial charge in [-0.1, -0.05) is 0 Å². The van der Waals surface area contributed by atoms with Gasteiger partial charge in [0.25, 0.3) is 0 Å². The quantitative estimate of drug-likeness (QED) is 0.682. The molecule has 0 aromatic rings. The van der Waals surface area contributed by atoms with Crippen molar-refractivity contribution in [2.45, 2.75) is 12.5 Å². The van der Waals surface area contributed by atoms with E-state index in [1.54, 1.807) is 0 Å². The standard InChI is InChI=1S/C10H20N2O4S2/c13-17(14)7-4-12(5-8-17)3-1-10-9-18(15,16)6-2-11-10/h10-11H,1-9H2. The first-order valence-corrected chi connectivity index (χ1v) is 9.87. The Bertz CT molecular complexity index is 472. The van der Waals surface area contributed by atoms with E-state index in [0.29, 0.717) is 19.6 Å². The van der Waals surface area contributed by atoms with E-state index in [4.69, 9.17) is 0 Å². The molecule has 2 heterocycles. The summed E-state index contributed by atoms with van der Waals surface area (Å²) in [7, 11) is -5.71. The maximum atomic E-state index is 11.5. The molecule has 2 fully saturated rings. The predicted molar refractivity (Wildman–Crippen MR) is 70.2 cm³/mol. The lowest BCUT2D eigenvalue weighted by atomic mass is 10.2. The molecule has 6 nitrogen and oxygen atoms in total. The molecule has 2 rings (SSSR count). The normalized spacial score (nSPS) is 32.1. The van der Waals surface area contributed by atoms with Gasteiger partial charge in [0.2, 0.25) is 0 Å². The fourth-order valence-electron chi connectivity index (χ4n) is 2.36. The summed E-state index contributed by atoms with van der Waals surface area (Å²) in [5.74, 6) is 0.886. The minimum absolute atomic E-state index is 0.0160. The van der Waals surface area contributed by atoms with Crippen LogP contribution in [0, 0.1) is 0 Å². The summed E-state index contributed by atoms with van der Waals surface area (Å²) in [6.45, 7) is 2.44. The van der Waals surface area contributed by atoms with Crippen molar-refractivity contribution >= 4 is 19.7 Å². The van der Waals surface area contributed by atoms with E-state index < -0.39 is 19.7 Å². The molecule has 1 atom stereocenters. The average molecular weight is 296 g/mol. The highest BCUT2D eigenvalue weighted by atomic mass is 32.2. The molecule has 2 aliphatic heterocycles. The zero-order valence-corrected chi connectivity index (χ0v) is 12.0. The number of sulfone groups is 2. The Morgan fingerprint density at radius 1 is 1.00 bits per heavy atom. The number of nitrogens with one attached hydrogen (secondary N) is 1. The molecule has 1 unspecified atom stereocenters. The van der Waals surface area contributed by atoms with E-state index in [2.05, 4.69) is 10.2 Å². The molecule has 106 valence electrons. The molecule has 1 N–H and O–H groups in total. The van der Waals surface area contributed by atoms with Crippen LogP contribution in [0.4, 0.5) is 0 Å². The van der Waals surface area contributed by atoms with Crippen LogP contribution < -0.4 is 5.32 Å². The second-order valence-electron chi connectivity index (χ2n) is 5.05. The summed E-state index contributed by atoms with van der Waals surface area (Å²) in [5.41, 5.74) is 0. The Morgan fingerprint density at radius 3 is 2.28 bits per heavy atom. The number of hydrogen-bond donors (Lipinski definition) is 1. The zero-order chi connectivity index (χ0) is 13.2. The van der Waals surface area contributed by atoms with Crippen LogP contribution in [0.25, 0.3) is 0 Å². The second kappa shape index (κ2) is 5.44. The number of rotatable bonds is 3. The van der Waals surface area contributed by atoms with Crippen molar-refractivity contribution in [2.75, 3.05) is 49.2 Å². The van der Waals surface area contributed by atoms with Crippen LogP contribution >= 0.6 is 0 Å². The SMILES string of the molecule is O=S1(=O)CCN(CCC2CS(=O)(=O)CCN2)CC1. The third-order valence-corrected chi connectivity index (χ3v) is 6.88. The Kier molecular flexibility index (Phi) is 4.30. The van der Waals surface area contributed by atoms with Crippen LogP contribution in [-0.4, -0.2) is 77.0 Å². The molecule has 0 aromatic carbocycles. The smallest absolute Gasteiger partial charge is 0.153 e. The minimum atomic E-state index is -2.88. The van der Waals surface area contributed by atoms with Gasteiger partial charge in [-0.05, 0) is 13.0 Å². The Labute approximate surface area is 109 Å². The van der Waals surface area contributed by atoms with Gasteiger partial charge in [-0.15, -0.1) is 0 Å². The Morgan fingerprint density at radius 2 is 1.67 bits per heavy atom. The number of hydrogen-bond acceptors (Lipinski definition) is 6. The van der Waals surface area contributed by atoms with Crippen molar-refractivity contribution in [1.29, 1.82) is 0 Å². The first-order valence-electron chi connectivity index (χ1n) is 6.23. The third kappa shape index (κ3) is 4.18. The molecule has 18 heavy (non-hydrogen) atoms. The van der Waals surface area contributed by atoms with Gasteiger partial charge >= 0.3 is 0 Å². The Balaban J connectivity index is 1.75. The summed E-state index contributed by atoms with van der Waals surface area (Å²) in [5, 5.41) is 3.21. The summed E-state index contributed by atoms with van der Waals surface area (Å²) in [6.07, 6.45) is 0.763. The van der Waals surface area contributed by atoms with E-state index in [1.165, 1.54) is 0 Å². The summed E-state index contributed by atoms with van der Waals surface area (Å²) >= 11 is 0.